The number of aliphatic hydroxyl groups is 4. The highest BCUT2D eigenvalue weighted by molar-refractivity contribution is 5.91. The molecule has 0 bridgehead atoms. The number of aromatic amines is 1. The molecule has 1 saturated heterocycles. The fourth-order valence-corrected chi connectivity index (χ4v) is 3.72. The van der Waals surface area contributed by atoms with Gasteiger partial charge in [0.15, 0.2) is 18.1 Å². The van der Waals surface area contributed by atoms with Crippen LogP contribution in [0.4, 0.5) is 0 Å². The summed E-state index contributed by atoms with van der Waals surface area (Å²) in [5.41, 5.74) is 9.14. The molecular formula is C19H27N5O11. The van der Waals surface area contributed by atoms with Gasteiger partial charge in [-0.15, -0.1) is 0 Å². The Morgan fingerprint density at radius 3 is 2.57 bits per heavy atom. The van der Waals surface area contributed by atoms with E-state index >= 15 is 0 Å². The molecule has 3 rings (SSSR count). The largest absolute Gasteiger partial charge is 0.456 e. The third kappa shape index (κ3) is 5.59. The minimum absolute atomic E-state index is 0.0884. The summed E-state index contributed by atoms with van der Waals surface area (Å²) in [6.07, 6.45) is -9.47. The molecule has 3 heterocycles. The van der Waals surface area contributed by atoms with Crippen molar-refractivity contribution in [3.63, 3.8) is 0 Å². The fourth-order valence-electron chi connectivity index (χ4n) is 3.72. The van der Waals surface area contributed by atoms with Crippen LogP contribution >= 0.6 is 0 Å². The summed E-state index contributed by atoms with van der Waals surface area (Å²) in [6, 6.07) is 0.998. The van der Waals surface area contributed by atoms with Gasteiger partial charge in [-0.1, -0.05) is 0 Å². The van der Waals surface area contributed by atoms with Crippen LogP contribution in [0.1, 0.15) is 6.23 Å². The van der Waals surface area contributed by atoms with Crippen LogP contribution in [-0.2, 0) is 23.8 Å². The monoisotopic (exact) mass is 501 g/mol. The molecule has 2 amide bonds. The van der Waals surface area contributed by atoms with E-state index in [4.69, 9.17) is 25.7 Å². The molecule has 0 saturated carbocycles. The van der Waals surface area contributed by atoms with Gasteiger partial charge in [0.25, 0.3) is 11.5 Å². The zero-order valence-electron chi connectivity index (χ0n) is 18.2. The average Bonchev–Trinajstić information content (AvgIpc) is 3.13. The lowest BCUT2D eigenvalue weighted by Gasteiger charge is -2.35. The lowest BCUT2D eigenvalue weighted by Crippen LogP contribution is -2.53. The van der Waals surface area contributed by atoms with E-state index in [2.05, 4.69) is 5.32 Å². The minimum Gasteiger partial charge on any atom is -0.456 e. The lowest BCUT2D eigenvalue weighted by atomic mass is 9.94. The highest BCUT2D eigenvalue weighted by Gasteiger charge is 2.51. The number of ether oxygens (including phenoxy) is 3. The van der Waals surface area contributed by atoms with E-state index in [1.165, 1.54) is 0 Å². The van der Waals surface area contributed by atoms with Crippen molar-refractivity contribution in [2.45, 2.75) is 43.0 Å². The molecule has 35 heavy (non-hydrogen) atoms. The van der Waals surface area contributed by atoms with E-state index in [0.29, 0.717) is 0 Å². The highest BCUT2D eigenvalue weighted by Crippen LogP contribution is 2.36. The summed E-state index contributed by atoms with van der Waals surface area (Å²) < 4.78 is 17.2. The zero-order chi connectivity index (χ0) is 25.9. The van der Waals surface area contributed by atoms with Crippen molar-refractivity contribution in [3.8, 4) is 0 Å². The van der Waals surface area contributed by atoms with E-state index in [1.54, 1.807) is 0 Å². The number of nitrogens with two attached hydrogens (primary N) is 2. The molecule has 2 aliphatic rings. The normalized spacial score (nSPS) is 31.3. The molecule has 0 aliphatic carbocycles. The molecule has 2 aliphatic heterocycles. The predicted octanol–water partition coefficient (Wildman–Crippen LogP) is -5.69. The number of carbonyl (C=O) groups is 2. The van der Waals surface area contributed by atoms with Crippen molar-refractivity contribution in [1.82, 2.24) is 14.9 Å². The zero-order valence-corrected chi connectivity index (χ0v) is 18.2. The predicted molar refractivity (Wildman–Crippen MR) is 113 cm³/mol. The first-order valence-corrected chi connectivity index (χ1v) is 10.5. The number of nitrogens with zero attached hydrogens (tertiary/aromatic N) is 1. The van der Waals surface area contributed by atoms with Crippen LogP contribution in [0, 0.1) is 5.92 Å². The second-order valence-electron chi connectivity index (χ2n) is 7.85. The van der Waals surface area contributed by atoms with Gasteiger partial charge in [0.2, 0.25) is 12.2 Å². The SMILES string of the molecule is NCCNC(=O)C1=C[C@H](O)[C@H](O)[C@@H](O[C@@H](C(N)=O)[C@H]2O[C@@H](n3ccc(=O)[nH]c3=O)[C@H](O)[C@@H]2CO)O1. The lowest BCUT2D eigenvalue weighted by molar-refractivity contribution is -0.239. The summed E-state index contributed by atoms with van der Waals surface area (Å²) in [5.74, 6) is -3.58. The Morgan fingerprint density at radius 1 is 1.26 bits per heavy atom. The maximum absolute atomic E-state index is 12.3. The van der Waals surface area contributed by atoms with Crippen molar-refractivity contribution in [3.05, 3.63) is 44.9 Å². The Bertz CT molecular complexity index is 1070. The third-order valence-electron chi connectivity index (χ3n) is 5.49. The molecule has 10 N–H and O–H groups in total. The Balaban J connectivity index is 1.85. The number of aliphatic hydroxyl groups excluding tert-OH is 4. The molecule has 16 heteroatoms. The van der Waals surface area contributed by atoms with Crippen molar-refractivity contribution in [2.24, 2.45) is 17.4 Å². The van der Waals surface area contributed by atoms with Gasteiger partial charge in [0, 0.05) is 31.3 Å². The third-order valence-corrected chi connectivity index (χ3v) is 5.49. The highest BCUT2D eigenvalue weighted by atomic mass is 16.7. The summed E-state index contributed by atoms with van der Waals surface area (Å²) in [4.78, 5) is 49.9. The first kappa shape index (κ1) is 26.5. The maximum atomic E-state index is 12.3. The van der Waals surface area contributed by atoms with Crippen molar-refractivity contribution in [2.75, 3.05) is 19.7 Å². The van der Waals surface area contributed by atoms with Crippen LogP contribution in [0.5, 0.6) is 0 Å². The van der Waals surface area contributed by atoms with Crippen molar-refractivity contribution >= 4 is 11.8 Å². The number of aromatic nitrogens is 2. The molecule has 0 aromatic carbocycles. The van der Waals surface area contributed by atoms with Crippen LogP contribution < -0.4 is 28.0 Å². The average molecular weight is 501 g/mol. The number of amides is 2. The van der Waals surface area contributed by atoms with E-state index in [-0.39, 0.29) is 13.1 Å². The second-order valence-corrected chi connectivity index (χ2v) is 7.85. The van der Waals surface area contributed by atoms with Crippen LogP contribution in [0.2, 0.25) is 0 Å². The molecule has 0 radical (unpaired) electrons. The Labute approximate surface area is 196 Å². The molecule has 0 unspecified atom stereocenters. The van der Waals surface area contributed by atoms with E-state index < -0.39 is 84.4 Å². The fraction of sp³-hybridized carbons (Fsp3) is 0.579. The quantitative estimate of drug-likeness (QED) is 0.157. The molecule has 1 aromatic heterocycles. The van der Waals surface area contributed by atoms with Gasteiger partial charge in [-0.3, -0.25) is 23.9 Å². The van der Waals surface area contributed by atoms with E-state index in [9.17, 15) is 39.6 Å². The van der Waals surface area contributed by atoms with E-state index in [0.717, 1.165) is 22.9 Å². The Hall–Kier alpha value is -3.12. The van der Waals surface area contributed by atoms with Crippen LogP contribution in [0.25, 0.3) is 0 Å². The van der Waals surface area contributed by atoms with Gasteiger partial charge in [-0.25, -0.2) is 4.79 Å². The number of hydrogen-bond donors (Lipinski definition) is 8. The van der Waals surface area contributed by atoms with Gasteiger partial charge < -0.3 is 51.4 Å². The first-order chi connectivity index (χ1) is 16.6. The number of H-pyrrole nitrogens is 1. The summed E-state index contributed by atoms with van der Waals surface area (Å²) in [7, 11) is 0. The maximum Gasteiger partial charge on any atom is 0.330 e. The summed E-state index contributed by atoms with van der Waals surface area (Å²) in [5, 5.41) is 43.3. The van der Waals surface area contributed by atoms with Gasteiger partial charge in [0.05, 0.1) is 6.61 Å². The number of nitrogens with one attached hydrogen (secondary N) is 2. The number of hydrogen-bond acceptors (Lipinski definition) is 12. The molecule has 1 fully saturated rings. The van der Waals surface area contributed by atoms with Gasteiger partial charge in [0.1, 0.15) is 24.4 Å². The summed E-state index contributed by atoms with van der Waals surface area (Å²) >= 11 is 0. The standard InChI is InChI=1S/C19H27N5O11/c20-2-3-22-16(31)9-5-8(26)12(29)18(33-9)35-14(15(21)30)13-7(6-25)11(28)17(34-13)24-4-1-10(27)23-19(24)32/h1,4-5,7-8,11-14,17-18,25-26,28-29H,2-3,6,20H2,(H2,21,30)(H,22,31)(H,23,27,32)/t7-,8-,11+,12-,13-,14+,17+,18+/m0/s1. The summed E-state index contributed by atoms with van der Waals surface area (Å²) in [6.45, 7) is -0.528. The Kier molecular flexibility index (Phi) is 8.39. The molecule has 1 aromatic rings. The van der Waals surface area contributed by atoms with Crippen LogP contribution in [0.3, 0.4) is 0 Å². The number of primary amides is 1. The van der Waals surface area contributed by atoms with Gasteiger partial charge >= 0.3 is 5.69 Å². The molecule has 8 atom stereocenters. The molecular weight excluding hydrogens is 474 g/mol. The van der Waals surface area contributed by atoms with Crippen LogP contribution in [-0.4, -0.2) is 98.3 Å². The van der Waals surface area contributed by atoms with Crippen molar-refractivity contribution < 1.29 is 44.2 Å². The number of rotatable bonds is 9. The minimum atomic E-state index is -1.79. The Morgan fingerprint density at radius 2 is 1.97 bits per heavy atom. The molecule has 0 spiro atoms. The topological polar surface area (TPSA) is 262 Å². The smallest absolute Gasteiger partial charge is 0.330 e. The molecule has 16 nitrogen and oxygen atoms in total. The van der Waals surface area contributed by atoms with E-state index in [1.807, 2.05) is 4.98 Å². The molecule has 194 valence electrons. The van der Waals surface area contributed by atoms with Gasteiger partial charge in [-0.05, 0) is 6.08 Å². The number of carbonyl (C=O) groups excluding carboxylic acids is 2. The second kappa shape index (κ2) is 11.1. The van der Waals surface area contributed by atoms with Crippen LogP contribution in [0.15, 0.2) is 33.7 Å². The first-order valence-electron chi connectivity index (χ1n) is 10.5. The van der Waals surface area contributed by atoms with Gasteiger partial charge in [-0.2, -0.15) is 0 Å². The van der Waals surface area contributed by atoms with Crippen molar-refractivity contribution in [1.29, 1.82) is 0 Å².